The first-order valence-electron chi connectivity index (χ1n) is 6.72. The van der Waals surface area contributed by atoms with Crippen molar-refractivity contribution in [3.63, 3.8) is 0 Å². The number of nitrogens with zero attached hydrogens (tertiary/aromatic N) is 2. The van der Waals surface area contributed by atoms with Crippen LogP contribution in [-0.4, -0.2) is 50.2 Å². The number of methoxy groups -OCH3 is 1. The number of aromatic nitrogens is 2. The van der Waals surface area contributed by atoms with Gasteiger partial charge >= 0.3 is 0 Å². The van der Waals surface area contributed by atoms with E-state index in [1.165, 1.54) is 17.1 Å². The fourth-order valence-electron chi connectivity index (χ4n) is 1.68. The fourth-order valence-corrected chi connectivity index (χ4v) is 2.70. The molecule has 1 rings (SSSR count). The molecule has 0 unspecified atom stereocenters. The second-order valence-electron chi connectivity index (χ2n) is 4.47. The van der Waals surface area contributed by atoms with Gasteiger partial charge in [0.25, 0.3) is 0 Å². The second kappa shape index (κ2) is 9.06. The molecule has 0 aliphatic rings. The Morgan fingerprint density at radius 1 is 1.35 bits per heavy atom. The largest absolute Gasteiger partial charge is 0.396 e. The molecule has 0 radical (unpaired) electrons. The van der Waals surface area contributed by atoms with E-state index in [-0.39, 0.29) is 11.5 Å². The van der Waals surface area contributed by atoms with Crippen LogP contribution in [0.1, 0.15) is 25.7 Å². The van der Waals surface area contributed by atoms with E-state index in [1.54, 1.807) is 7.11 Å². The molecule has 0 saturated heterocycles. The van der Waals surface area contributed by atoms with Crippen LogP contribution < -0.4 is 4.72 Å². The quantitative estimate of drug-likeness (QED) is 0.576. The van der Waals surface area contributed by atoms with Crippen LogP contribution in [0.5, 0.6) is 0 Å². The van der Waals surface area contributed by atoms with Crippen molar-refractivity contribution in [2.24, 2.45) is 0 Å². The average molecular weight is 305 g/mol. The van der Waals surface area contributed by atoms with Crippen molar-refractivity contribution >= 4 is 10.0 Å². The highest BCUT2D eigenvalue weighted by atomic mass is 32.2. The molecule has 0 aromatic carbocycles. The number of aryl methyl sites for hydroxylation is 1. The molecule has 0 spiro atoms. The van der Waals surface area contributed by atoms with Crippen molar-refractivity contribution in [2.75, 3.05) is 26.9 Å². The summed E-state index contributed by atoms with van der Waals surface area (Å²) in [5.74, 6) is 0. The zero-order valence-corrected chi connectivity index (χ0v) is 12.6. The average Bonchev–Trinajstić information content (AvgIpc) is 2.90. The Bertz CT molecular complexity index is 473. The Morgan fingerprint density at radius 2 is 2.15 bits per heavy atom. The van der Waals surface area contributed by atoms with Crippen LogP contribution in [0.4, 0.5) is 0 Å². The number of unbranched alkanes of at least 4 members (excludes halogenated alkanes) is 2. The Balaban J connectivity index is 2.38. The molecule has 0 aliphatic heterocycles. The van der Waals surface area contributed by atoms with Crippen molar-refractivity contribution < 1.29 is 18.3 Å². The molecule has 8 heteroatoms. The summed E-state index contributed by atoms with van der Waals surface area (Å²) in [7, 11) is -1.83. The number of sulfonamides is 1. The van der Waals surface area contributed by atoms with Crippen molar-refractivity contribution in [1.82, 2.24) is 14.5 Å². The standard InChI is InChI=1S/C12H23N3O4S/c1-19-9-4-2-3-6-14-20(17,18)12-10-13-15(11-12)7-5-8-16/h10-11,14,16H,2-9H2,1H3. The lowest BCUT2D eigenvalue weighted by Gasteiger charge is -2.04. The van der Waals surface area contributed by atoms with E-state index in [4.69, 9.17) is 9.84 Å². The summed E-state index contributed by atoms with van der Waals surface area (Å²) in [5, 5.41) is 12.7. The summed E-state index contributed by atoms with van der Waals surface area (Å²) in [5.41, 5.74) is 0. The van der Waals surface area contributed by atoms with Gasteiger partial charge in [0, 0.05) is 39.6 Å². The summed E-state index contributed by atoms with van der Waals surface area (Å²) >= 11 is 0. The Hall–Kier alpha value is -0.960. The SMILES string of the molecule is COCCCCCNS(=O)(=O)c1cnn(CCCO)c1. The van der Waals surface area contributed by atoms with Crippen molar-refractivity contribution in [3.05, 3.63) is 12.4 Å². The van der Waals surface area contributed by atoms with Gasteiger partial charge in [-0.05, 0) is 25.7 Å². The molecule has 0 bridgehead atoms. The van der Waals surface area contributed by atoms with Crippen LogP contribution in [-0.2, 0) is 21.3 Å². The molecule has 0 saturated carbocycles. The van der Waals surface area contributed by atoms with Gasteiger partial charge in [-0.3, -0.25) is 4.68 Å². The number of aliphatic hydroxyl groups is 1. The van der Waals surface area contributed by atoms with Gasteiger partial charge in [0.05, 0.1) is 6.20 Å². The molecular formula is C12H23N3O4S. The smallest absolute Gasteiger partial charge is 0.243 e. The molecule has 7 nitrogen and oxygen atoms in total. The van der Waals surface area contributed by atoms with Crippen molar-refractivity contribution in [2.45, 2.75) is 37.1 Å². The van der Waals surface area contributed by atoms with Gasteiger partial charge < -0.3 is 9.84 Å². The van der Waals surface area contributed by atoms with E-state index >= 15 is 0 Å². The van der Waals surface area contributed by atoms with Gasteiger partial charge in [-0.25, -0.2) is 13.1 Å². The van der Waals surface area contributed by atoms with Crippen molar-refractivity contribution in [1.29, 1.82) is 0 Å². The van der Waals surface area contributed by atoms with E-state index in [0.717, 1.165) is 19.3 Å². The third-order valence-corrected chi connectivity index (χ3v) is 4.20. The third kappa shape index (κ3) is 6.00. The predicted molar refractivity (Wildman–Crippen MR) is 74.8 cm³/mol. The molecule has 0 aliphatic carbocycles. The maximum atomic E-state index is 12.0. The second-order valence-corrected chi connectivity index (χ2v) is 6.23. The number of hydrogen-bond donors (Lipinski definition) is 2. The molecule has 0 fully saturated rings. The van der Waals surface area contributed by atoms with Crippen LogP contribution in [0.3, 0.4) is 0 Å². The highest BCUT2D eigenvalue weighted by Gasteiger charge is 2.15. The lowest BCUT2D eigenvalue weighted by molar-refractivity contribution is 0.192. The molecule has 1 aromatic rings. The first-order valence-corrected chi connectivity index (χ1v) is 8.20. The number of ether oxygens (including phenoxy) is 1. The van der Waals surface area contributed by atoms with Gasteiger partial charge in [0.1, 0.15) is 4.90 Å². The topological polar surface area (TPSA) is 93.5 Å². The summed E-state index contributed by atoms with van der Waals surface area (Å²) in [6.07, 6.45) is 5.98. The summed E-state index contributed by atoms with van der Waals surface area (Å²) in [4.78, 5) is 0.160. The maximum Gasteiger partial charge on any atom is 0.243 e. The Kier molecular flexibility index (Phi) is 7.75. The van der Waals surface area contributed by atoms with Gasteiger partial charge in [-0.1, -0.05) is 0 Å². The predicted octanol–water partition coefficient (Wildman–Crippen LogP) is 0.360. The summed E-state index contributed by atoms with van der Waals surface area (Å²) in [6.45, 7) is 1.67. The van der Waals surface area contributed by atoms with E-state index in [2.05, 4.69) is 9.82 Å². The minimum absolute atomic E-state index is 0.0572. The van der Waals surface area contributed by atoms with Gasteiger partial charge in [-0.15, -0.1) is 0 Å². The van der Waals surface area contributed by atoms with E-state index in [1.807, 2.05) is 0 Å². The van der Waals surface area contributed by atoms with Gasteiger partial charge in [-0.2, -0.15) is 5.10 Å². The first-order chi connectivity index (χ1) is 9.60. The van der Waals surface area contributed by atoms with Gasteiger partial charge in [0.15, 0.2) is 0 Å². The zero-order valence-electron chi connectivity index (χ0n) is 11.8. The van der Waals surface area contributed by atoms with Crippen molar-refractivity contribution in [3.8, 4) is 0 Å². The van der Waals surface area contributed by atoms with Gasteiger partial charge in [0.2, 0.25) is 10.0 Å². The Labute approximate surface area is 120 Å². The number of nitrogens with one attached hydrogen (secondary N) is 1. The minimum Gasteiger partial charge on any atom is -0.396 e. The number of aliphatic hydroxyl groups excluding tert-OH is 1. The lowest BCUT2D eigenvalue weighted by atomic mass is 10.2. The molecule has 1 aromatic heterocycles. The monoisotopic (exact) mass is 305 g/mol. The highest BCUT2D eigenvalue weighted by Crippen LogP contribution is 2.07. The molecule has 0 atom stereocenters. The van der Waals surface area contributed by atoms with Crippen LogP contribution in [0.2, 0.25) is 0 Å². The Morgan fingerprint density at radius 3 is 2.85 bits per heavy atom. The minimum atomic E-state index is -3.48. The molecule has 0 amide bonds. The molecule has 1 heterocycles. The summed E-state index contributed by atoms with van der Waals surface area (Å²) in [6, 6.07) is 0. The molecule has 20 heavy (non-hydrogen) atoms. The van der Waals surface area contributed by atoms with Crippen LogP contribution in [0.25, 0.3) is 0 Å². The summed E-state index contributed by atoms with van der Waals surface area (Å²) < 4.78 is 32.9. The molecule has 2 N–H and O–H groups in total. The van der Waals surface area contributed by atoms with E-state index in [0.29, 0.717) is 26.1 Å². The highest BCUT2D eigenvalue weighted by molar-refractivity contribution is 7.89. The van der Waals surface area contributed by atoms with Crippen LogP contribution in [0.15, 0.2) is 17.3 Å². The molecule has 116 valence electrons. The first kappa shape index (κ1) is 17.1. The van der Waals surface area contributed by atoms with Crippen LogP contribution in [0, 0.1) is 0 Å². The number of rotatable bonds is 11. The number of hydrogen-bond acceptors (Lipinski definition) is 5. The molecular weight excluding hydrogens is 282 g/mol. The maximum absolute atomic E-state index is 12.0. The normalized spacial score (nSPS) is 11.9. The zero-order chi connectivity index (χ0) is 14.8. The lowest BCUT2D eigenvalue weighted by Crippen LogP contribution is -2.24. The van der Waals surface area contributed by atoms with E-state index < -0.39 is 10.0 Å². The fraction of sp³-hybridized carbons (Fsp3) is 0.750. The van der Waals surface area contributed by atoms with E-state index in [9.17, 15) is 8.42 Å². The third-order valence-electron chi connectivity index (χ3n) is 2.78. The van der Waals surface area contributed by atoms with Crippen LogP contribution >= 0.6 is 0 Å².